The maximum Gasteiger partial charge on any atom is 0.335 e. The topological polar surface area (TPSA) is 65.0 Å². The largest absolute Gasteiger partial charge is 0.460 e. The SMILES string of the molecule is COCCOC(=O)C1=CN=CC(CC(=O)c2ccc(Cl)cc2Cl)C1. The van der Waals surface area contributed by atoms with Gasteiger partial charge in [-0.2, -0.15) is 0 Å². The monoisotopic (exact) mass is 369 g/mol. The zero-order valence-electron chi connectivity index (χ0n) is 13.1. The number of carbonyl (C=O) groups is 2. The summed E-state index contributed by atoms with van der Waals surface area (Å²) >= 11 is 11.9. The highest BCUT2D eigenvalue weighted by molar-refractivity contribution is 6.36. The number of ether oxygens (including phenoxy) is 2. The van der Waals surface area contributed by atoms with Gasteiger partial charge in [-0.1, -0.05) is 23.2 Å². The van der Waals surface area contributed by atoms with E-state index in [0.717, 1.165) is 0 Å². The van der Waals surface area contributed by atoms with Gasteiger partial charge in [0.15, 0.2) is 5.78 Å². The van der Waals surface area contributed by atoms with Gasteiger partial charge in [0.05, 0.1) is 17.2 Å². The van der Waals surface area contributed by atoms with E-state index in [2.05, 4.69) is 4.99 Å². The second kappa shape index (κ2) is 8.97. The molecule has 1 aliphatic heterocycles. The molecule has 7 heteroatoms. The van der Waals surface area contributed by atoms with Crippen LogP contribution in [0.4, 0.5) is 0 Å². The number of benzene rings is 1. The molecule has 0 spiro atoms. The third-order valence-electron chi connectivity index (χ3n) is 3.47. The molecule has 1 atom stereocenters. The summed E-state index contributed by atoms with van der Waals surface area (Å²) in [6.07, 6.45) is 3.72. The van der Waals surface area contributed by atoms with E-state index in [0.29, 0.717) is 34.2 Å². The lowest BCUT2D eigenvalue weighted by molar-refractivity contribution is -0.140. The third-order valence-corrected chi connectivity index (χ3v) is 4.02. The van der Waals surface area contributed by atoms with Crippen molar-refractivity contribution in [3.63, 3.8) is 0 Å². The fraction of sp³-hybridized carbons (Fsp3) is 0.353. The minimum atomic E-state index is -0.439. The van der Waals surface area contributed by atoms with Crippen molar-refractivity contribution in [2.45, 2.75) is 12.8 Å². The van der Waals surface area contributed by atoms with Gasteiger partial charge in [-0.15, -0.1) is 0 Å². The van der Waals surface area contributed by atoms with Crippen LogP contribution in [-0.4, -0.2) is 38.3 Å². The van der Waals surface area contributed by atoms with Crippen molar-refractivity contribution in [3.05, 3.63) is 45.6 Å². The lowest BCUT2D eigenvalue weighted by Crippen LogP contribution is -2.19. The van der Waals surface area contributed by atoms with Crippen LogP contribution in [0.5, 0.6) is 0 Å². The van der Waals surface area contributed by atoms with E-state index in [4.69, 9.17) is 32.7 Å². The highest BCUT2D eigenvalue weighted by atomic mass is 35.5. The second-order valence-corrected chi connectivity index (χ2v) is 6.14. The van der Waals surface area contributed by atoms with Crippen LogP contribution in [0.15, 0.2) is 35.0 Å². The molecular weight excluding hydrogens is 353 g/mol. The third kappa shape index (κ3) is 5.16. The van der Waals surface area contributed by atoms with Crippen molar-refractivity contribution in [1.82, 2.24) is 0 Å². The van der Waals surface area contributed by atoms with E-state index in [1.807, 2.05) is 0 Å². The fourth-order valence-corrected chi connectivity index (χ4v) is 2.79. The molecule has 0 N–H and O–H groups in total. The molecule has 1 aromatic rings. The molecular formula is C17H17Cl2NO4. The quantitative estimate of drug-likeness (QED) is 0.417. The summed E-state index contributed by atoms with van der Waals surface area (Å²) in [5.41, 5.74) is 0.849. The van der Waals surface area contributed by atoms with Crippen LogP contribution in [0, 0.1) is 5.92 Å². The molecule has 1 heterocycles. The van der Waals surface area contributed by atoms with Crippen LogP contribution in [0.3, 0.4) is 0 Å². The van der Waals surface area contributed by atoms with Crippen LogP contribution >= 0.6 is 23.2 Å². The number of nitrogens with zero attached hydrogens (tertiary/aromatic N) is 1. The number of ketones is 1. The molecule has 0 saturated carbocycles. The van der Waals surface area contributed by atoms with Gasteiger partial charge in [0.25, 0.3) is 0 Å². The first-order valence-corrected chi connectivity index (χ1v) is 8.13. The molecule has 0 amide bonds. The average molecular weight is 370 g/mol. The number of carbonyl (C=O) groups excluding carboxylic acids is 2. The Morgan fingerprint density at radius 2 is 2.08 bits per heavy atom. The van der Waals surface area contributed by atoms with E-state index in [1.165, 1.54) is 19.4 Å². The maximum absolute atomic E-state index is 12.4. The Morgan fingerprint density at radius 3 is 2.79 bits per heavy atom. The molecule has 2 rings (SSSR count). The van der Waals surface area contributed by atoms with Gasteiger partial charge >= 0.3 is 5.97 Å². The van der Waals surface area contributed by atoms with Gasteiger partial charge in [-0.05, 0) is 24.6 Å². The van der Waals surface area contributed by atoms with Gasteiger partial charge in [0, 0.05) is 42.4 Å². The maximum atomic E-state index is 12.4. The van der Waals surface area contributed by atoms with Crippen molar-refractivity contribution in [3.8, 4) is 0 Å². The molecule has 0 aliphatic carbocycles. The van der Waals surface area contributed by atoms with Crippen molar-refractivity contribution in [1.29, 1.82) is 0 Å². The zero-order chi connectivity index (χ0) is 17.5. The predicted octanol–water partition coefficient (Wildman–Crippen LogP) is 3.73. The van der Waals surface area contributed by atoms with Crippen LogP contribution in [0.25, 0.3) is 0 Å². The van der Waals surface area contributed by atoms with Crippen LogP contribution in [0.2, 0.25) is 10.0 Å². The molecule has 0 saturated heterocycles. The van der Waals surface area contributed by atoms with Gasteiger partial charge in [-0.3, -0.25) is 9.79 Å². The molecule has 0 fully saturated rings. The lowest BCUT2D eigenvalue weighted by Gasteiger charge is -2.16. The first kappa shape index (κ1) is 18.6. The predicted molar refractivity (Wildman–Crippen MR) is 92.9 cm³/mol. The molecule has 0 aromatic heterocycles. The zero-order valence-corrected chi connectivity index (χ0v) is 14.6. The molecule has 1 aromatic carbocycles. The normalized spacial score (nSPS) is 16.6. The highest BCUT2D eigenvalue weighted by Crippen LogP contribution is 2.26. The van der Waals surface area contributed by atoms with Crippen molar-refractivity contribution in [2.75, 3.05) is 20.3 Å². The fourth-order valence-electron chi connectivity index (χ4n) is 2.28. The van der Waals surface area contributed by atoms with E-state index >= 15 is 0 Å². The number of Topliss-reactive ketones (excluding diaryl/α,β-unsaturated/α-hetero) is 1. The van der Waals surface area contributed by atoms with Crippen LogP contribution < -0.4 is 0 Å². The Kier molecular flexibility index (Phi) is 6.97. The van der Waals surface area contributed by atoms with Crippen molar-refractivity contribution < 1.29 is 19.1 Å². The van der Waals surface area contributed by atoms with E-state index in [-0.39, 0.29) is 24.7 Å². The first-order valence-electron chi connectivity index (χ1n) is 7.38. The van der Waals surface area contributed by atoms with Gasteiger partial charge in [0.2, 0.25) is 0 Å². The Labute approximate surface area is 150 Å². The molecule has 1 aliphatic rings. The number of hydrogen-bond donors (Lipinski definition) is 0. The average Bonchev–Trinajstić information content (AvgIpc) is 2.55. The Balaban J connectivity index is 1.94. The highest BCUT2D eigenvalue weighted by Gasteiger charge is 2.23. The van der Waals surface area contributed by atoms with Crippen molar-refractivity contribution >= 4 is 41.2 Å². The first-order chi connectivity index (χ1) is 11.5. The molecule has 0 bridgehead atoms. The Bertz CT molecular complexity index is 685. The summed E-state index contributed by atoms with van der Waals surface area (Å²) < 4.78 is 9.89. The summed E-state index contributed by atoms with van der Waals surface area (Å²) in [5, 5.41) is 0.787. The van der Waals surface area contributed by atoms with E-state index in [9.17, 15) is 9.59 Å². The number of esters is 1. The number of hydrogen-bond acceptors (Lipinski definition) is 5. The Morgan fingerprint density at radius 1 is 1.29 bits per heavy atom. The van der Waals surface area contributed by atoms with Gasteiger partial charge in [-0.25, -0.2) is 4.79 Å². The van der Waals surface area contributed by atoms with Crippen LogP contribution in [-0.2, 0) is 14.3 Å². The molecule has 0 radical (unpaired) electrons. The number of halogens is 2. The summed E-state index contributed by atoms with van der Waals surface area (Å²) in [6, 6.07) is 4.75. The minimum absolute atomic E-state index is 0.123. The van der Waals surface area contributed by atoms with Gasteiger partial charge < -0.3 is 9.47 Å². The van der Waals surface area contributed by atoms with Crippen LogP contribution in [0.1, 0.15) is 23.2 Å². The van der Waals surface area contributed by atoms with Gasteiger partial charge in [0.1, 0.15) is 6.61 Å². The van der Waals surface area contributed by atoms with E-state index in [1.54, 1.807) is 18.3 Å². The van der Waals surface area contributed by atoms with E-state index < -0.39 is 5.97 Å². The number of methoxy groups -OCH3 is 1. The minimum Gasteiger partial charge on any atom is -0.460 e. The Hall–Kier alpha value is -1.69. The summed E-state index contributed by atoms with van der Waals surface area (Å²) in [4.78, 5) is 28.4. The number of aliphatic imine (C=N–C) groups is 1. The van der Waals surface area contributed by atoms with Crippen molar-refractivity contribution in [2.24, 2.45) is 10.9 Å². The molecule has 128 valence electrons. The molecule has 5 nitrogen and oxygen atoms in total. The standard InChI is InChI=1S/C17H17Cl2NO4/c1-23-4-5-24-17(22)12-6-11(9-20-10-12)7-16(21)14-3-2-13(18)8-15(14)19/h2-3,8-11H,4-7H2,1H3. The summed E-state index contributed by atoms with van der Waals surface area (Å²) in [6.45, 7) is 0.514. The number of rotatable bonds is 7. The molecule has 1 unspecified atom stereocenters. The smallest absolute Gasteiger partial charge is 0.335 e. The molecule has 24 heavy (non-hydrogen) atoms. The summed E-state index contributed by atoms with van der Waals surface area (Å²) in [7, 11) is 1.53. The second-order valence-electron chi connectivity index (χ2n) is 5.30. The lowest BCUT2D eigenvalue weighted by atomic mass is 9.92. The summed E-state index contributed by atoms with van der Waals surface area (Å²) in [5.74, 6) is -0.743.